The van der Waals surface area contributed by atoms with Gasteiger partial charge in [0.05, 0.1) is 27.8 Å². The van der Waals surface area contributed by atoms with Gasteiger partial charge < -0.3 is 0 Å². The third-order valence-electron chi connectivity index (χ3n) is 3.00. The summed E-state index contributed by atoms with van der Waals surface area (Å²) in [5.41, 5.74) is 2.16. The van der Waals surface area contributed by atoms with E-state index in [-0.39, 0.29) is 10.4 Å². The fourth-order valence-corrected chi connectivity index (χ4v) is 2.38. The predicted molar refractivity (Wildman–Crippen MR) is 78.1 cm³/mol. The first kappa shape index (κ1) is 13.3. The van der Waals surface area contributed by atoms with Gasteiger partial charge in [-0.15, -0.1) is 11.6 Å². The van der Waals surface area contributed by atoms with E-state index in [1.54, 1.807) is 18.5 Å². The van der Waals surface area contributed by atoms with Crippen LogP contribution >= 0.6 is 23.2 Å². The summed E-state index contributed by atoms with van der Waals surface area (Å²) >= 11 is 11.9. The van der Waals surface area contributed by atoms with E-state index < -0.39 is 5.82 Å². The van der Waals surface area contributed by atoms with E-state index in [1.807, 2.05) is 17.6 Å². The minimum absolute atomic E-state index is 0.0836. The highest BCUT2D eigenvalue weighted by atomic mass is 35.5. The number of nitrogens with zero attached hydrogens (tertiary/aromatic N) is 3. The number of benzene rings is 1. The Labute approximate surface area is 125 Å². The number of imidazole rings is 1. The molecule has 0 aliphatic carbocycles. The van der Waals surface area contributed by atoms with Gasteiger partial charge in [0, 0.05) is 6.20 Å². The van der Waals surface area contributed by atoms with Gasteiger partial charge in [0.2, 0.25) is 0 Å². The topological polar surface area (TPSA) is 30.7 Å². The number of rotatable bonds is 2. The van der Waals surface area contributed by atoms with Crippen molar-refractivity contribution in [2.75, 3.05) is 0 Å². The zero-order chi connectivity index (χ0) is 14.3. The molecule has 20 heavy (non-hydrogen) atoms. The van der Waals surface area contributed by atoms with Gasteiger partial charge >= 0.3 is 0 Å². The van der Waals surface area contributed by atoms with E-state index in [9.17, 15) is 4.39 Å². The summed E-state index contributed by atoms with van der Waals surface area (Å²) in [6, 6.07) is 6.43. The average molecular weight is 310 g/mol. The Bertz CT molecular complexity index is 783. The number of hydrogen-bond donors (Lipinski definition) is 0. The van der Waals surface area contributed by atoms with Crippen molar-refractivity contribution in [1.29, 1.82) is 0 Å². The molecule has 2 aromatic heterocycles. The van der Waals surface area contributed by atoms with Gasteiger partial charge in [0.25, 0.3) is 0 Å². The van der Waals surface area contributed by atoms with Crippen LogP contribution in [0.5, 0.6) is 0 Å². The molecule has 3 aromatic rings. The molecule has 2 heterocycles. The molecule has 0 amide bonds. The first-order valence-electron chi connectivity index (χ1n) is 6.00. The molecule has 3 rings (SSSR count). The Hall–Kier alpha value is -1.65. The Balaban J connectivity index is 2.33. The highest BCUT2D eigenvalue weighted by Crippen LogP contribution is 2.29. The smallest absolute Gasteiger partial charge is 0.143 e. The summed E-state index contributed by atoms with van der Waals surface area (Å²) < 4.78 is 15.5. The van der Waals surface area contributed by atoms with Crippen molar-refractivity contribution in [3.05, 3.63) is 53.3 Å². The number of aromatic nitrogens is 3. The van der Waals surface area contributed by atoms with Gasteiger partial charge in [-0.1, -0.05) is 11.6 Å². The molecule has 0 fully saturated rings. The molecular weight excluding hydrogens is 300 g/mol. The van der Waals surface area contributed by atoms with Crippen LogP contribution < -0.4 is 0 Å². The Kier molecular flexibility index (Phi) is 3.36. The van der Waals surface area contributed by atoms with Gasteiger partial charge in [-0.3, -0.25) is 9.55 Å². The summed E-state index contributed by atoms with van der Waals surface area (Å²) in [6.07, 6.45) is 3.32. The Morgan fingerprint density at radius 2 is 2.10 bits per heavy atom. The second kappa shape index (κ2) is 5.04. The van der Waals surface area contributed by atoms with Gasteiger partial charge in [-0.2, -0.15) is 0 Å². The van der Waals surface area contributed by atoms with Crippen molar-refractivity contribution in [2.45, 2.75) is 12.3 Å². The van der Waals surface area contributed by atoms with Crippen LogP contribution in [0.25, 0.3) is 16.7 Å². The van der Waals surface area contributed by atoms with E-state index in [2.05, 4.69) is 9.97 Å². The van der Waals surface area contributed by atoms with Crippen LogP contribution in [-0.2, 0) is 0 Å². The maximum atomic E-state index is 13.7. The fourth-order valence-electron chi connectivity index (χ4n) is 2.11. The lowest BCUT2D eigenvalue weighted by molar-refractivity contribution is 0.627. The second-order valence-electron chi connectivity index (χ2n) is 4.38. The molecule has 1 atom stereocenters. The fraction of sp³-hybridized carbons (Fsp3) is 0.143. The number of pyridine rings is 1. The van der Waals surface area contributed by atoms with Gasteiger partial charge in [-0.05, 0) is 31.2 Å². The minimum Gasteiger partial charge on any atom is -0.295 e. The summed E-state index contributed by atoms with van der Waals surface area (Å²) in [5, 5.41) is -0.235. The van der Waals surface area contributed by atoms with Crippen molar-refractivity contribution in [3.63, 3.8) is 0 Å². The number of fused-ring (bicyclic) bond motifs is 1. The monoisotopic (exact) mass is 309 g/mol. The molecule has 0 aliphatic heterocycles. The number of hydrogen-bond acceptors (Lipinski definition) is 2. The lowest BCUT2D eigenvalue weighted by Gasteiger charge is -2.11. The molecule has 0 N–H and O–H groups in total. The van der Waals surface area contributed by atoms with Gasteiger partial charge in [0.15, 0.2) is 0 Å². The third kappa shape index (κ3) is 2.15. The lowest BCUT2D eigenvalue weighted by Crippen LogP contribution is -2.02. The molecule has 3 nitrogen and oxygen atoms in total. The molecule has 6 heteroatoms. The normalized spacial score (nSPS) is 12.8. The molecule has 0 spiro atoms. The molecule has 0 radical (unpaired) electrons. The van der Waals surface area contributed by atoms with Crippen molar-refractivity contribution >= 4 is 34.2 Å². The molecule has 102 valence electrons. The molecular formula is C14H10Cl2FN3. The predicted octanol–water partition coefficient (Wildman–Crippen LogP) is 4.51. The molecule has 0 aliphatic rings. The van der Waals surface area contributed by atoms with Gasteiger partial charge in [0.1, 0.15) is 17.2 Å². The maximum Gasteiger partial charge on any atom is 0.143 e. The van der Waals surface area contributed by atoms with Crippen LogP contribution in [0.1, 0.15) is 18.1 Å². The first-order chi connectivity index (χ1) is 9.58. The number of halogens is 3. The van der Waals surface area contributed by atoms with E-state index in [4.69, 9.17) is 23.2 Å². The van der Waals surface area contributed by atoms with E-state index in [0.717, 1.165) is 5.52 Å². The van der Waals surface area contributed by atoms with Crippen molar-refractivity contribution < 1.29 is 4.39 Å². The first-order valence-corrected chi connectivity index (χ1v) is 6.81. The summed E-state index contributed by atoms with van der Waals surface area (Å²) in [5.74, 6) is 0.157. The minimum atomic E-state index is -0.478. The summed E-state index contributed by atoms with van der Waals surface area (Å²) in [4.78, 5) is 8.49. The molecule has 0 saturated carbocycles. The van der Waals surface area contributed by atoms with Crippen molar-refractivity contribution in [1.82, 2.24) is 14.5 Å². The third-order valence-corrected chi connectivity index (χ3v) is 3.50. The van der Waals surface area contributed by atoms with Crippen LogP contribution in [0.4, 0.5) is 4.39 Å². The molecule has 0 bridgehead atoms. The Morgan fingerprint density at radius 3 is 2.80 bits per heavy atom. The van der Waals surface area contributed by atoms with Crippen LogP contribution in [-0.4, -0.2) is 14.5 Å². The lowest BCUT2D eigenvalue weighted by atomic mass is 10.3. The van der Waals surface area contributed by atoms with E-state index >= 15 is 0 Å². The van der Waals surface area contributed by atoms with Crippen molar-refractivity contribution in [2.24, 2.45) is 0 Å². The summed E-state index contributed by atoms with van der Waals surface area (Å²) in [7, 11) is 0. The molecule has 1 aromatic carbocycles. The number of alkyl halides is 1. The maximum absolute atomic E-state index is 13.7. The molecule has 0 saturated heterocycles. The average Bonchev–Trinajstić information content (AvgIpc) is 2.81. The largest absolute Gasteiger partial charge is 0.295 e. The van der Waals surface area contributed by atoms with Crippen LogP contribution in [0.2, 0.25) is 5.02 Å². The van der Waals surface area contributed by atoms with Crippen molar-refractivity contribution in [3.8, 4) is 5.69 Å². The summed E-state index contributed by atoms with van der Waals surface area (Å²) in [6.45, 7) is 1.82. The van der Waals surface area contributed by atoms with E-state index in [1.165, 1.54) is 12.1 Å². The Morgan fingerprint density at radius 1 is 1.30 bits per heavy atom. The van der Waals surface area contributed by atoms with Crippen LogP contribution in [0.15, 0.2) is 36.7 Å². The zero-order valence-corrected chi connectivity index (χ0v) is 12.0. The highest BCUT2D eigenvalue weighted by Gasteiger charge is 2.17. The second-order valence-corrected chi connectivity index (χ2v) is 5.45. The van der Waals surface area contributed by atoms with Crippen LogP contribution in [0, 0.1) is 5.82 Å². The van der Waals surface area contributed by atoms with Gasteiger partial charge in [-0.25, -0.2) is 9.37 Å². The van der Waals surface area contributed by atoms with Crippen LogP contribution in [0.3, 0.4) is 0 Å². The highest BCUT2D eigenvalue weighted by molar-refractivity contribution is 6.30. The van der Waals surface area contributed by atoms with E-state index in [0.29, 0.717) is 17.0 Å². The standard InChI is InChI=1S/C14H10Cl2FN3/c1-8(15)14-19-12-7-18-5-4-13(12)20(14)9-2-3-10(16)11(17)6-9/h2-8H,1H3. The SMILES string of the molecule is CC(Cl)c1nc2cnccc2n1-c1ccc(Cl)c(F)c1. The molecule has 1 unspecified atom stereocenters. The quantitative estimate of drug-likeness (QED) is 0.652. The zero-order valence-electron chi connectivity index (χ0n) is 10.5.